The Bertz CT molecular complexity index is 537. The first-order valence-electron chi connectivity index (χ1n) is 5.57. The Hall–Kier alpha value is -1.40. The maximum absolute atomic E-state index is 11.8. The summed E-state index contributed by atoms with van der Waals surface area (Å²) in [4.78, 5) is 0. The van der Waals surface area contributed by atoms with Gasteiger partial charge >= 0.3 is 0 Å². The topological polar surface area (TPSA) is 87.0 Å². The molecule has 1 aromatic rings. The van der Waals surface area contributed by atoms with Gasteiger partial charge < -0.3 is 10.3 Å². The lowest BCUT2D eigenvalue weighted by atomic mass is 10.1. The van der Waals surface area contributed by atoms with Gasteiger partial charge in [-0.3, -0.25) is 0 Å². The van der Waals surface area contributed by atoms with Gasteiger partial charge in [0.25, 0.3) is 0 Å². The number of oxime groups is 1. The van der Waals surface area contributed by atoms with Crippen LogP contribution in [0.25, 0.3) is 0 Å². The zero-order valence-corrected chi connectivity index (χ0v) is 11.2. The van der Waals surface area contributed by atoms with Gasteiger partial charge in [0.1, 0.15) is 11.0 Å². The normalized spacial score (nSPS) is 14.5. The van der Waals surface area contributed by atoms with Crippen LogP contribution in [0.3, 0.4) is 0 Å². The van der Waals surface area contributed by atoms with Gasteiger partial charge in [-0.1, -0.05) is 41.9 Å². The molecule has 0 aliphatic carbocycles. The van der Waals surface area contributed by atoms with Crippen molar-refractivity contribution in [2.24, 2.45) is 5.16 Å². The van der Waals surface area contributed by atoms with E-state index in [-0.39, 0.29) is 11.5 Å². The summed E-state index contributed by atoms with van der Waals surface area (Å²) in [5.74, 6) is -0.122. The number of sulfone groups is 1. The molecule has 18 heavy (non-hydrogen) atoms. The number of aliphatic hydroxyl groups excluding tert-OH is 1. The number of hydrogen-bond acceptors (Lipinski definition) is 5. The van der Waals surface area contributed by atoms with Crippen molar-refractivity contribution in [1.82, 2.24) is 0 Å². The number of nitrogens with zero attached hydrogens (tertiary/aromatic N) is 1. The smallest absolute Gasteiger partial charge is 0.161 e. The molecule has 2 N–H and O–H groups in total. The van der Waals surface area contributed by atoms with E-state index in [1.165, 1.54) is 6.92 Å². The summed E-state index contributed by atoms with van der Waals surface area (Å²) in [5, 5.41) is 20.2. The van der Waals surface area contributed by atoms with Crippen molar-refractivity contribution in [2.75, 3.05) is 12.4 Å². The van der Waals surface area contributed by atoms with Crippen LogP contribution >= 0.6 is 0 Å². The molecule has 1 aromatic carbocycles. The molecule has 6 heteroatoms. The Morgan fingerprint density at radius 2 is 2.11 bits per heavy atom. The standard InChI is InChI=1S/C12H17NO4S/c1-3-18(16,17)11(8-14)12(13-15)10-6-4-5-9(2)7-10/h4-7,11,14-15H,3,8H2,1-2H3/b13-12-/t11-/m0/s1. The van der Waals surface area contributed by atoms with Crippen LogP contribution in [0, 0.1) is 6.92 Å². The third-order valence-electron chi connectivity index (χ3n) is 2.73. The van der Waals surface area contributed by atoms with Crippen LogP contribution in [0.2, 0.25) is 0 Å². The lowest BCUT2D eigenvalue weighted by Gasteiger charge is -2.16. The molecule has 0 amide bonds. The van der Waals surface area contributed by atoms with E-state index in [0.717, 1.165) is 5.56 Å². The van der Waals surface area contributed by atoms with Crippen LogP contribution in [0.5, 0.6) is 0 Å². The summed E-state index contributed by atoms with van der Waals surface area (Å²) in [6, 6.07) is 6.95. The fourth-order valence-electron chi connectivity index (χ4n) is 1.68. The Kier molecular flexibility index (Phi) is 4.86. The molecular weight excluding hydrogens is 254 g/mol. The van der Waals surface area contributed by atoms with Crippen molar-refractivity contribution < 1.29 is 18.7 Å². The highest BCUT2D eigenvalue weighted by molar-refractivity contribution is 7.92. The predicted octanol–water partition coefficient (Wildman–Crippen LogP) is 0.969. The SMILES string of the molecule is CCS(=O)(=O)[C@@H](CO)/C(=N\O)c1cccc(C)c1. The average molecular weight is 271 g/mol. The zero-order valence-electron chi connectivity index (χ0n) is 10.4. The maximum Gasteiger partial charge on any atom is 0.161 e. The van der Waals surface area contributed by atoms with Gasteiger partial charge in [0, 0.05) is 11.3 Å². The molecule has 0 bridgehead atoms. The number of rotatable bonds is 5. The molecule has 0 fully saturated rings. The molecule has 0 heterocycles. The second kappa shape index (κ2) is 5.97. The molecule has 0 saturated carbocycles. The lowest BCUT2D eigenvalue weighted by molar-refractivity contribution is 0.296. The van der Waals surface area contributed by atoms with Gasteiger partial charge in [0.15, 0.2) is 9.84 Å². The van der Waals surface area contributed by atoms with E-state index in [9.17, 15) is 13.5 Å². The van der Waals surface area contributed by atoms with Gasteiger partial charge in [-0.2, -0.15) is 0 Å². The van der Waals surface area contributed by atoms with Crippen LogP contribution in [0.1, 0.15) is 18.1 Å². The van der Waals surface area contributed by atoms with Crippen molar-refractivity contribution in [1.29, 1.82) is 0 Å². The Labute approximate surface area is 107 Å². The van der Waals surface area contributed by atoms with Gasteiger partial charge in [0.05, 0.1) is 6.61 Å². The summed E-state index contributed by atoms with van der Waals surface area (Å²) >= 11 is 0. The van der Waals surface area contributed by atoms with Gasteiger partial charge in [-0.05, 0) is 6.92 Å². The third-order valence-corrected chi connectivity index (χ3v) is 4.77. The maximum atomic E-state index is 11.8. The van der Waals surface area contributed by atoms with Crippen molar-refractivity contribution in [2.45, 2.75) is 19.1 Å². The quantitative estimate of drug-likeness (QED) is 0.474. The molecular formula is C12H17NO4S. The molecule has 0 aliphatic heterocycles. The first-order chi connectivity index (χ1) is 8.46. The minimum Gasteiger partial charge on any atom is -0.411 e. The van der Waals surface area contributed by atoms with E-state index in [4.69, 9.17) is 5.21 Å². The highest BCUT2D eigenvalue weighted by Crippen LogP contribution is 2.14. The summed E-state index contributed by atoms with van der Waals surface area (Å²) in [6.07, 6.45) is 0. The molecule has 1 atom stereocenters. The summed E-state index contributed by atoms with van der Waals surface area (Å²) in [5.41, 5.74) is 1.39. The fourth-order valence-corrected chi connectivity index (χ4v) is 2.84. The van der Waals surface area contributed by atoms with Crippen LogP contribution < -0.4 is 0 Å². The summed E-state index contributed by atoms with van der Waals surface area (Å²) < 4.78 is 23.7. The fraction of sp³-hybridized carbons (Fsp3) is 0.417. The second-order valence-electron chi connectivity index (χ2n) is 3.98. The Morgan fingerprint density at radius 1 is 1.44 bits per heavy atom. The predicted molar refractivity (Wildman–Crippen MR) is 69.8 cm³/mol. The molecule has 0 unspecified atom stereocenters. The number of aliphatic hydroxyl groups is 1. The van der Waals surface area contributed by atoms with Crippen LogP contribution in [-0.4, -0.2) is 42.1 Å². The number of hydrogen-bond donors (Lipinski definition) is 2. The van der Waals surface area contributed by atoms with Crippen molar-refractivity contribution >= 4 is 15.5 Å². The van der Waals surface area contributed by atoms with Crippen LogP contribution in [0.4, 0.5) is 0 Å². The average Bonchev–Trinajstić information content (AvgIpc) is 2.35. The van der Waals surface area contributed by atoms with E-state index in [2.05, 4.69) is 5.16 Å². The van der Waals surface area contributed by atoms with Gasteiger partial charge in [0.2, 0.25) is 0 Å². The molecule has 100 valence electrons. The zero-order chi connectivity index (χ0) is 13.8. The van der Waals surface area contributed by atoms with Crippen molar-refractivity contribution in [3.63, 3.8) is 0 Å². The molecule has 1 rings (SSSR count). The van der Waals surface area contributed by atoms with Crippen molar-refractivity contribution in [3.8, 4) is 0 Å². The first-order valence-corrected chi connectivity index (χ1v) is 7.29. The van der Waals surface area contributed by atoms with E-state index in [1.807, 2.05) is 13.0 Å². The molecule has 0 spiro atoms. The molecule has 0 saturated heterocycles. The monoisotopic (exact) mass is 271 g/mol. The van der Waals surface area contributed by atoms with Crippen LogP contribution in [0.15, 0.2) is 29.4 Å². The van der Waals surface area contributed by atoms with Crippen molar-refractivity contribution in [3.05, 3.63) is 35.4 Å². The van der Waals surface area contributed by atoms with Crippen LogP contribution in [-0.2, 0) is 9.84 Å². The lowest BCUT2D eigenvalue weighted by Crippen LogP contribution is -2.35. The number of benzene rings is 1. The van der Waals surface area contributed by atoms with E-state index in [0.29, 0.717) is 5.56 Å². The summed E-state index contributed by atoms with van der Waals surface area (Å²) in [6.45, 7) is 2.73. The number of aryl methyl sites for hydroxylation is 1. The highest BCUT2D eigenvalue weighted by Gasteiger charge is 2.30. The minimum absolute atomic E-state index is 0.0250. The Balaban J connectivity index is 3.26. The molecule has 5 nitrogen and oxygen atoms in total. The first kappa shape index (κ1) is 14.7. The molecule has 0 aromatic heterocycles. The largest absolute Gasteiger partial charge is 0.411 e. The van der Waals surface area contributed by atoms with E-state index < -0.39 is 21.7 Å². The highest BCUT2D eigenvalue weighted by atomic mass is 32.2. The third kappa shape index (κ3) is 3.08. The van der Waals surface area contributed by atoms with Gasteiger partial charge in [-0.15, -0.1) is 0 Å². The van der Waals surface area contributed by atoms with E-state index in [1.54, 1.807) is 18.2 Å². The minimum atomic E-state index is -3.52. The van der Waals surface area contributed by atoms with E-state index >= 15 is 0 Å². The molecule has 0 radical (unpaired) electrons. The molecule has 0 aliphatic rings. The van der Waals surface area contributed by atoms with Gasteiger partial charge in [-0.25, -0.2) is 8.42 Å². The second-order valence-corrected chi connectivity index (χ2v) is 6.45. The summed E-state index contributed by atoms with van der Waals surface area (Å²) in [7, 11) is -3.52. The Morgan fingerprint density at radius 3 is 2.56 bits per heavy atom.